The topological polar surface area (TPSA) is 12.0 Å². The first-order valence-corrected chi connectivity index (χ1v) is 7.95. The Morgan fingerprint density at radius 3 is 1.86 bits per heavy atom. The molecule has 0 unspecified atom stereocenters. The van der Waals surface area contributed by atoms with Crippen molar-refractivity contribution in [3.8, 4) is 11.1 Å². The van der Waals surface area contributed by atoms with E-state index in [-0.39, 0.29) is 0 Å². The third-order valence-electron chi connectivity index (χ3n) is 3.73. The molecule has 0 amide bonds. The van der Waals surface area contributed by atoms with Crippen LogP contribution >= 0.6 is 0 Å². The Balaban J connectivity index is 2.12. The van der Waals surface area contributed by atoms with Gasteiger partial charge < -0.3 is 5.32 Å². The zero-order valence-electron chi connectivity index (χ0n) is 13.2. The smallest absolute Gasteiger partial charge is 0.126 e. The van der Waals surface area contributed by atoms with Crippen molar-refractivity contribution in [1.82, 2.24) is 0 Å². The van der Waals surface area contributed by atoms with Gasteiger partial charge in [-0.15, -0.1) is 0 Å². The van der Waals surface area contributed by atoms with Crippen molar-refractivity contribution < 1.29 is 8.78 Å². The minimum absolute atomic E-state index is 0.479. The maximum atomic E-state index is 13.3. The number of benzene rings is 2. The highest BCUT2D eigenvalue weighted by atomic mass is 19.1. The molecule has 2 aromatic rings. The quantitative estimate of drug-likeness (QED) is 0.660. The van der Waals surface area contributed by atoms with Gasteiger partial charge >= 0.3 is 0 Å². The van der Waals surface area contributed by atoms with Crippen LogP contribution in [0.2, 0.25) is 0 Å². The fraction of sp³-hybridized carbons (Fsp3) is 0.368. The SMILES string of the molecule is CCCC(CCC)Nc1ccc(-c2cc(F)cc(F)c2)cc1. The summed E-state index contributed by atoms with van der Waals surface area (Å²) in [5.41, 5.74) is 2.42. The molecule has 0 saturated heterocycles. The summed E-state index contributed by atoms with van der Waals surface area (Å²) >= 11 is 0. The maximum absolute atomic E-state index is 13.3. The number of hydrogen-bond acceptors (Lipinski definition) is 1. The summed E-state index contributed by atoms with van der Waals surface area (Å²) in [5.74, 6) is -1.11. The predicted molar refractivity (Wildman–Crippen MR) is 89.0 cm³/mol. The van der Waals surface area contributed by atoms with E-state index in [1.54, 1.807) is 0 Å². The lowest BCUT2D eigenvalue weighted by atomic mass is 10.0. The van der Waals surface area contributed by atoms with Crippen LogP contribution in [0.3, 0.4) is 0 Å². The van der Waals surface area contributed by atoms with Gasteiger partial charge in [-0.2, -0.15) is 0 Å². The fourth-order valence-corrected chi connectivity index (χ4v) is 2.70. The third kappa shape index (κ3) is 4.55. The van der Waals surface area contributed by atoms with E-state index in [2.05, 4.69) is 19.2 Å². The highest BCUT2D eigenvalue weighted by Crippen LogP contribution is 2.24. The molecule has 2 aromatic carbocycles. The highest BCUT2D eigenvalue weighted by molar-refractivity contribution is 5.66. The van der Waals surface area contributed by atoms with Crippen LogP contribution in [0.1, 0.15) is 39.5 Å². The first-order chi connectivity index (χ1) is 10.6. The summed E-state index contributed by atoms with van der Waals surface area (Å²) in [4.78, 5) is 0. The van der Waals surface area contributed by atoms with E-state index in [9.17, 15) is 8.78 Å². The first-order valence-electron chi connectivity index (χ1n) is 7.95. The van der Waals surface area contributed by atoms with E-state index in [0.29, 0.717) is 11.6 Å². The van der Waals surface area contributed by atoms with Gasteiger partial charge in [0.05, 0.1) is 0 Å². The van der Waals surface area contributed by atoms with Gasteiger partial charge in [0.1, 0.15) is 11.6 Å². The van der Waals surface area contributed by atoms with Crippen LogP contribution in [-0.4, -0.2) is 6.04 Å². The highest BCUT2D eigenvalue weighted by Gasteiger charge is 2.07. The van der Waals surface area contributed by atoms with Gasteiger partial charge in [0.2, 0.25) is 0 Å². The van der Waals surface area contributed by atoms with Crippen LogP contribution in [0.25, 0.3) is 11.1 Å². The minimum atomic E-state index is -0.553. The largest absolute Gasteiger partial charge is 0.382 e. The summed E-state index contributed by atoms with van der Waals surface area (Å²) in [6, 6.07) is 11.8. The summed E-state index contributed by atoms with van der Waals surface area (Å²) in [6.45, 7) is 4.37. The van der Waals surface area contributed by atoms with E-state index in [4.69, 9.17) is 0 Å². The standard InChI is InChI=1S/C19H23F2N/c1-3-5-18(6-4-2)22-19-9-7-14(8-10-19)15-11-16(20)13-17(21)12-15/h7-13,18,22H,3-6H2,1-2H3. The molecule has 0 saturated carbocycles. The van der Waals surface area contributed by atoms with E-state index < -0.39 is 11.6 Å². The molecule has 0 heterocycles. The van der Waals surface area contributed by atoms with Crippen LogP contribution in [-0.2, 0) is 0 Å². The molecule has 2 rings (SSSR count). The molecule has 1 N–H and O–H groups in total. The van der Waals surface area contributed by atoms with Crippen LogP contribution in [0.4, 0.5) is 14.5 Å². The second-order valence-electron chi connectivity index (χ2n) is 5.65. The van der Waals surface area contributed by atoms with Crippen molar-refractivity contribution in [3.63, 3.8) is 0 Å². The number of rotatable bonds is 7. The van der Waals surface area contributed by atoms with Crippen LogP contribution in [0.15, 0.2) is 42.5 Å². The summed E-state index contributed by atoms with van der Waals surface area (Å²) in [5, 5.41) is 3.53. The summed E-state index contributed by atoms with van der Waals surface area (Å²) < 4.78 is 26.6. The Kier molecular flexibility index (Phi) is 5.93. The van der Waals surface area contributed by atoms with Gasteiger partial charge in [-0.05, 0) is 48.2 Å². The molecule has 0 aliphatic carbocycles. The lowest BCUT2D eigenvalue weighted by molar-refractivity contribution is 0.584. The second kappa shape index (κ2) is 7.92. The van der Waals surface area contributed by atoms with Gasteiger partial charge in [0.25, 0.3) is 0 Å². The molecule has 0 aliphatic rings. The molecule has 0 fully saturated rings. The van der Waals surface area contributed by atoms with Crippen LogP contribution in [0.5, 0.6) is 0 Å². The Hall–Kier alpha value is -1.90. The van der Waals surface area contributed by atoms with Crippen molar-refractivity contribution in [1.29, 1.82) is 0 Å². The Morgan fingerprint density at radius 1 is 0.818 bits per heavy atom. The Labute approximate surface area is 131 Å². The van der Waals surface area contributed by atoms with E-state index >= 15 is 0 Å². The zero-order chi connectivity index (χ0) is 15.9. The van der Waals surface area contributed by atoms with Crippen molar-refractivity contribution in [3.05, 3.63) is 54.1 Å². The number of hydrogen-bond donors (Lipinski definition) is 1. The molecule has 0 aromatic heterocycles. The molecule has 3 heteroatoms. The lowest BCUT2D eigenvalue weighted by Crippen LogP contribution is -2.18. The second-order valence-corrected chi connectivity index (χ2v) is 5.65. The van der Waals surface area contributed by atoms with Crippen molar-refractivity contribution in [2.75, 3.05) is 5.32 Å². The third-order valence-corrected chi connectivity index (χ3v) is 3.73. The van der Waals surface area contributed by atoms with Gasteiger partial charge in [-0.3, -0.25) is 0 Å². The monoisotopic (exact) mass is 303 g/mol. The van der Waals surface area contributed by atoms with E-state index in [1.165, 1.54) is 12.1 Å². The first kappa shape index (κ1) is 16.5. The normalized spacial score (nSPS) is 11.0. The minimum Gasteiger partial charge on any atom is -0.382 e. The van der Waals surface area contributed by atoms with Crippen LogP contribution in [0, 0.1) is 11.6 Å². The molecular weight excluding hydrogens is 280 g/mol. The number of nitrogens with one attached hydrogen (secondary N) is 1. The van der Waals surface area contributed by atoms with E-state index in [0.717, 1.165) is 43.0 Å². The van der Waals surface area contributed by atoms with Crippen molar-refractivity contribution in [2.45, 2.75) is 45.6 Å². The zero-order valence-corrected chi connectivity index (χ0v) is 13.2. The molecule has 0 aliphatic heterocycles. The predicted octanol–water partition coefficient (Wildman–Crippen LogP) is 6.01. The molecule has 0 spiro atoms. The molecule has 1 nitrogen and oxygen atoms in total. The van der Waals surface area contributed by atoms with Gasteiger partial charge in [0.15, 0.2) is 0 Å². The fourth-order valence-electron chi connectivity index (χ4n) is 2.70. The average Bonchev–Trinajstić information content (AvgIpc) is 2.47. The van der Waals surface area contributed by atoms with Gasteiger partial charge in [0, 0.05) is 17.8 Å². The van der Waals surface area contributed by atoms with Crippen LogP contribution < -0.4 is 5.32 Å². The summed E-state index contributed by atoms with van der Waals surface area (Å²) in [6.07, 6.45) is 4.59. The molecule has 0 bridgehead atoms. The molecule has 118 valence electrons. The lowest BCUT2D eigenvalue weighted by Gasteiger charge is -2.19. The molecule has 22 heavy (non-hydrogen) atoms. The molecule has 0 radical (unpaired) electrons. The number of halogens is 2. The Morgan fingerprint density at radius 2 is 1.36 bits per heavy atom. The molecular formula is C19H23F2N. The van der Waals surface area contributed by atoms with Gasteiger partial charge in [-0.25, -0.2) is 8.78 Å². The summed E-state index contributed by atoms with van der Waals surface area (Å²) in [7, 11) is 0. The maximum Gasteiger partial charge on any atom is 0.126 e. The van der Waals surface area contributed by atoms with E-state index in [1.807, 2.05) is 24.3 Å². The van der Waals surface area contributed by atoms with Crippen molar-refractivity contribution in [2.24, 2.45) is 0 Å². The average molecular weight is 303 g/mol. The molecule has 0 atom stereocenters. The van der Waals surface area contributed by atoms with Gasteiger partial charge in [-0.1, -0.05) is 38.8 Å². The Bertz CT molecular complexity index is 567. The van der Waals surface area contributed by atoms with Crippen molar-refractivity contribution >= 4 is 5.69 Å². The number of anilines is 1.